The van der Waals surface area contributed by atoms with Crippen molar-refractivity contribution >= 4 is 34.0 Å². The minimum absolute atomic E-state index is 0. The van der Waals surface area contributed by atoms with Crippen LogP contribution in [-0.2, 0) is 10.0 Å². The summed E-state index contributed by atoms with van der Waals surface area (Å²) >= 11 is 6.09. The third-order valence-corrected chi connectivity index (χ3v) is 5.95. The largest absolute Gasteiger partial charge is 0.328 e. The molecule has 0 amide bonds. The van der Waals surface area contributed by atoms with Crippen molar-refractivity contribution in [1.29, 1.82) is 0 Å². The van der Waals surface area contributed by atoms with Crippen molar-refractivity contribution in [3.05, 3.63) is 28.8 Å². The Morgan fingerprint density at radius 3 is 2.59 bits per heavy atom. The van der Waals surface area contributed by atoms with Gasteiger partial charge in [-0.25, -0.2) is 13.1 Å². The topological polar surface area (TPSA) is 72.2 Å². The van der Waals surface area contributed by atoms with E-state index in [0.29, 0.717) is 6.42 Å². The molecule has 0 heterocycles. The summed E-state index contributed by atoms with van der Waals surface area (Å²) < 4.78 is 27.9. The van der Waals surface area contributed by atoms with Crippen molar-refractivity contribution in [1.82, 2.24) is 4.72 Å². The lowest BCUT2D eigenvalue weighted by atomic mass is 9.92. The molecule has 1 aromatic rings. The molecule has 2 unspecified atom stereocenters. The Kier molecular flexibility index (Phi) is 7.15. The summed E-state index contributed by atoms with van der Waals surface area (Å²) in [5, 5.41) is 0.256. The lowest BCUT2D eigenvalue weighted by Crippen LogP contribution is -2.42. The van der Waals surface area contributed by atoms with Gasteiger partial charge in [0.25, 0.3) is 0 Å². The van der Waals surface area contributed by atoms with Crippen molar-refractivity contribution < 1.29 is 8.42 Å². The average molecular weight is 367 g/mol. The molecule has 2 atom stereocenters. The van der Waals surface area contributed by atoms with Crippen LogP contribution >= 0.6 is 24.0 Å². The van der Waals surface area contributed by atoms with E-state index in [9.17, 15) is 8.42 Å². The number of sulfonamides is 1. The van der Waals surface area contributed by atoms with Gasteiger partial charge < -0.3 is 5.73 Å². The van der Waals surface area contributed by atoms with E-state index in [-0.39, 0.29) is 40.3 Å². The first-order chi connectivity index (χ1) is 9.79. The van der Waals surface area contributed by atoms with E-state index < -0.39 is 10.0 Å². The van der Waals surface area contributed by atoms with Crippen LogP contribution in [0.3, 0.4) is 0 Å². The predicted octanol–water partition coefficient (Wildman–Crippen LogP) is 3.43. The molecule has 0 bridgehead atoms. The smallest absolute Gasteiger partial charge is 0.242 e. The molecule has 2 rings (SSSR count). The highest BCUT2D eigenvalue weighted by Gasteiger charge is 2.26. The number of benzene rings is 1. The third-order valence-electron chi connectivity index (χ3n) is 3.95. The number of nitrogens with two attached hydrogens (primary N) is 1. The molecule has 1 aliphatic rings. The molecule has 1 fully saturated rings. The van der Waals surface area contributed by atoms with Crippen LogP contribution in [0.2, 0.25) is 5.02 Å². The molecule has 0 aliphatic heterocycles. The van der Waals surface area contributed by atoms with Gasteiger partial charge in [-0.2, -0.15) is 0 Å². The van der Waals surface area contributed by atoms with E-state index in [0.717, 1.165) is 24.8 Å². The van der Waals surface area contributed by atoms with Crippen LogP contribution in [0.15, 0.2) is 23.1 Å². The monoisotopic (exact) mass is 366 g/mol. The molecule has 7 heteroatoms. The zero-order valence-corrected chi connectivity index (χ0v) is 15.3. The van der Waals surface area contributed by atoms with E-state index in [2.05, 4.69) is 4.72 Å². The quantitative estimate of drug-likeness (QED) is 0.856. The van der Waals surface area contributed by atoms with Crippen molar-refractivity contribution in [2.75, 3.05) is 0 Å². The maximum Gasteiger partial charge on any atom is 0.242 e. The second kappa shape index (κ2) is 7.97. The molecule has 0 aromatic heterocycles. The van der Waals surface area contributed by atoms with Gasteiger partial charge in [0.2, 0.25) is 10.0 Å². The number of hydrogen-bond donors (Lipinski definition) is 2. The van der Waals surface area contributed by atoms with Crippen LogP contribution in [0.25, 0.3) is 0 Å². The molecule has 3 N–H and O–H groups in total. The maximum absolute atomic E-state index is 12.6. The number of hydrogen-bond acceptors (Lipinski definition) is 3. The summed E-state index contributed by atoms with van der Waals surface area (Å²) in [6.07, 6.45) is 3.42. The van der Waals surface area contributed by atoms with Gasteiger partial charge in [0, 0.05) is 12.1 Å². The zero-order chi connectivity index (χ0) is 15.6. The van der Waals surface area contributed by atoms with E-state index in [1.807, 2.05) is 19.9 Å². The van der Waals surface area contributed by atoms with Crippen LogP contribution in [-0.4, -0.2) is 20.5 Å². The Balaban J connectivity index is 0.00000242. The summed E-state index contributed by atoms with van der Waals surface area (Å²) in [4.78, 5) is 0.162. The van der Waals surface area contributed by atoms with Crippen LogP contribution in [0.4, 0.5) is 0 Å². The molecule has 1 aliphatic carbocycles. The fourth-order valence-corrected chi connectivity index (χ4v) is 4.52. The van der Waals surface area contributed by atoms with Crippen molar-refractivity contribution in [3.8, 4) is 0 Å². The highest BCUT2D eigenvalue weighted by atomic mass is 35.5. The van der Waals surface area contributed by atoms with Crippen LogP contribution in [0.1, 0.15) is 51.0 Å². The van der Waals surface area contributed by atoms with Crippen LogP contribution < -0.4 is 10.5 Å². The lowest BCUT2D eigenvalue weighted by molar-refractivity contribution is 0.371. The predicted molar refractivity (Wildman–Crippen MR) is 93.3 cm³/mol. The van der Waals surface area contributed by atoms with Crippen molar-refractivity contribution in [3.63, 3.8) is 0 Å². The molecule has 0 spiro atoms. The van der Waals surface area contributed by atoms with Gasteiger partial charge in [-0.15, -0.1) is 12.4 Å². The number of nitrogens with one attached hydrogen (secondary N) is 1. The molecular weight excluding hydrogens is 343 g/mol. The van der Waals surface area contributed by atoms with Gasteiger partial charge in [-0.1, -0.05) is 37.9 Å². The Bertz CT molecular complexity index is 606. The molecule has 1 aromatic carbocycles. The van der Waals surface area contributed by atoms with Crippen molar-refractivity contribution in [2.45, 2.75) is 62.4 Å². The van der Waals surface area contributed by atoms with Gasteiger partial charge in [-0.05, 0) is 42.9 Å². The first-order valence-corrected chi connectivity index (χ1v) is 9.23. The summed E-state index contributed by atoms with van der Waals surface area (Å²) in [6, 6.07) is 5.15. The van der Waals surface area contributed by atoms with Crippen LogP contribution in [0, 0.1) is 0 Å². The molecular formula is C15H24Cl2N2O2S. The SMILES string of the molecule is CC(C)c1ccc(Cl)c(S(=O)(=O)NC2CCCC(N)C2)c1.Cl. The number of rotatable bonds is 4. The van der Waals surface area contributed by atoms with Gasteiger partial charge in [0.1, 0.15) is 4.90 Å². The standard InChI is InChI=1S/C15H23ClN2O2S.ClH/c1-10(2)11-6-7-14(16)15(8-11)21(19,20)18-13-5-3-4-12(17)9-13;/h6-8,10,12-13,18H,3-5,9,17H2,1-2H3;1H. The molecule has 1 saturated carbocycles. The zero-order valence-electron chi connectivity index (χ0n) is 12.9. The third kappa shape index (κ3) is 4.83. The highest BCUT2D eigenvalue weighted by Crippen LogP contribution is 2.27. The Labute approximate surface area is 144 Å². The van der Waals surface area contributed by atoms with E-state index in [1.54, 1.807) is 12.1 Å². The van der Waals surface area contributed by atoms with E-state index in [1.165, 1.54) is 0 Å². The Morgan fingerprint density at radius 2 is 2.00 bits per heavy atom. The second-order valence-corrected chi connectivity index (χ2v) is 8.18. The summed E-state index contributed by atoms with van der Waals surface area (Å²) in [6.45, 7) is 4.04. The second-order valence-electron chi connectivity index (χ2n) is 6.09. The first kappa shape index (κ1) is 19.7. The normalized spacial score (nSPS) is 22.4. The molecule has 0 radical (unpaired) electrons. The fourth-order valence-electron chi connectivity index (χ4n) is 2.70. The van der Waals surface area contributed by atoms with Gasteiger partial charge >= 0.3 is 0 Å². The van der Waals surface area contributed by atoms with Crippen molar-refractivity contribution in [2.24, 2.45) is 5.73 Å². The lowest BCUT2D eigenvalue weighted by Gasteiger charge is -2.27. The highest BCUT2D eigenvalue weighted by molar-refractivity contribution is 7.89. The summed E-state index contributed by atoms with van der Waals surface area (Å²) in [5.74, 6) is 0.249. The van der Waals surface area contributed by atoms with Gasteiger partial charge in [0.05, 0.1) is 5.02 Å². The van der Waals surface area contributed by atoms with Gasteiger partial charge in [-0.3, -0.25) is 0 Å². The summed E-state index contributed by atoms with van der Waals surface area (Å²) in [5.41, 5.74) is 6.87. The average Bonchev–Trinajstić information content (AvgIpc) is 2.38. The molecule has 4 nitrogen and oxygen atoms in total. The van der Waals surface area contributed by atoms with Crippen LogP contribution in [0.5, 0.6) is 0 Å². The molecule has 0 saturated heterocycles. The fraction of sp³-hybridized carbons (Fsp3) is 0.600. The molecule has 126 valence electrons. The molecule has 22 heavy (non-hydrogen) atoms. The minimum atomic E-state index is -3.61. The first-order valence-electron chi connectivity index (χ1n) is 7.37. The number of halogens is 2. The van der Waals surface area contributed by atoms with E-state index in [4.69, 9.17) is 17.3 Å². The van der Waals surface area contributed by atoms with Gasteiger partial charge in [0.15, 0.2) is 0 Å². The van der Waals surface area contributed by atoms with E-state index >= 15 is 0 Å². The Morgan fingerprint density at radius 1 is 1.32 bits per heavy atom. The minimum Gasteiger partial charge on any atom is -0.328 e. The summed E-state index contributed by atoms with van der Waals surface area (Å²) in [7, 11) is -3.61. The Hall–Kier alpha value is -0.330. The maximum atomic E-state index is 12.6.